The molecular formula is C15H13ClN2O4. The fourth-order valence-corrected chi connectivity index (χ4v) is 1.77. The summed E-state index contributed by atoms with van der Waals surface area (Å²) in [6, 6.07) is 9.80. The number of benzene rings is 1. The molecule has 0 saturated carbocycles. The molecule has 7 heteroatoms. The molecule has 0 unspecified atom stereocenters. The Bertz CT molecular complexity index is 725. The number of hydrogen-bond donors (Lipinski definition) is 2. The van der Waals surface area contributed by atoms with Crippen LogP contribution in [0, 0.1) is 0 Å². The molecule has 0 aliphatic rings. The molecule has 2 aromatic rings. The zero-order valence-corrected chi connectivity index (χ0v) is 12.2. The van der Waals surface area contributed by atoms with Crippen molar-refractivity contribution in [1.29, 1.82) is 0 Å². The number of ether oxygens (including phenoxy) is 1. The molecule has 1 aromatic carbocycles. The fourth-order valence-electron chi connectivity index (χ4n) is 1.65. The molecule has 1 aromatic heterocycles. The van der Waals surface area contributed by atoms with Gasteiger partial charge in [-0.1, -0.05) is 23.7 Å². The average Bonchev–Trinajstić information content (AvgIpc) is 2.52. The summed E-state index contributed by atoms with van der Waals surface area (Å²) >= 11 is 5.76. The van der Waals surface area contributed by atoms with E-state index in [1.807, 2.05) is 0 Å². The topological polar surface area (TPSA) is 88.3 Å². The minimum atomic E-state index is -0.844. The van der Waals surface area contributed by atoms with Crippen molar-refractivity contribution in [3.05, 3.63) is 69.1 Å². The largest absolute Gasteiger partial charge is 0.452 e. The smallest absolute Gasteiger partial charge is 0.344 e. The fraction of sp³-hybridized carbons (Fsp3) is 0.133. The Labute approximate surface area is 131 Å². The van der Waals surface area contributed by atoms with Crippen LogP contribution in [0.25, 0.3) is 0 Å². The molecule has 1 amide bonds. The van der Waals surface area contributed by atoms with E-state index in [-0.39, 0.29) is 5.56 Å². The van der Waals surface area contributed by atoms with Gasteiger partial charge in [0, 0.05) is 17.8 Å². The minimum Gasteiger partial charge on any atom is -0.452 e. The van der Waals surface area contributed by atoms with E-state index < -0.39 is 24.0 Å². The first kappa shape index (κ1) is 15.8. The van der Waals surface area contributed by atoms with Gasteiger partial charge in [0.05, 0.1) is 0 Å². The van der Waals surface area contributed by atoms with Crippen molar-refractivity contribution in [3.63, 3.8) is 0 Å². The second kappa shape index (κ2) is 7.42. The van der Waals surface area contributed by atoms with Crippen LogP contribution in [0.3, 0.4) is 0 Å². The van der Waals surface area contributed by atoms with Gasteiger partial charge >= 0.3 is 5.97 Å². The Balaban J connectivity index is 1.80. The van der Waals surface area contributed by atoms with Crippen LogP contribution in [0.5, 0.6) is 0 Å². The third-order valence-corrected chi connectivity index (χ3v) is 3.03. The Morgan fingerprint density at radius 3 is 2.59 bits per heavy atom. The van der Waals surface area contributed by atoms with Crippen molar-refractivity contribution in [1.82, 2.24) is 10.3 Å². The SMILES string of the molecule is O=C(COC(=O)c1ccc[nH]c1=O)NCc1ccc(Cl)cc1. The van der Waals surface area contributed by atoms with E-state index in [4.69, 9.17) is 16.3 Å². The maximum absolute atomic E-state index is 11.6. The van der Waals surface area contributed by atoms with Crippen molar-refractivity contribution in [2.45, 2.75) is 6.54 Å². The first-order valence-electron chi connectivity index (χ1n) is 6.42. The Morgan fingerprint density at radius 1 is 1.18 bits per heavy atom. The molecule has 114 valence electrons. The number of hydrogen-bond acceptors (Lipinski definition) is 4. The van der Waals surface area contributed by atoms with Crippen molar-refractivity contribution < 1.29 is 14.3 Å². The monoisotopic (exact) mass is 320 g/mol. The zero-order valence-electron chi connectivity index (χ0n) is 11.5. The molecule has 0 atom stereocenters. The molecule has 0 bridgehead atoms. The number of aromatic amines is 1. The molecule has 0 aliphatic heterocycles. The zero-order chi connectivity index (χ0) is 15.9. The van der Waals surface area contributed by atoms with Crippen molar-refractivity contribution in [2.24, 2.45) is 0 Å². The van der Waals surface area contributed by atoms with Crippen molar-refractivity contribution in [2.75, 3.05) is 6.61 Å². The Kier molecular flexibility index (Phi) is 5.32. The summed E-state index contributed by atoms with van der Waals surface area (Å²) in [4.78, 5) is 37.0. The predicted octanol–water partition coefficient (Wildman–Crippen LogP) is 1.50. The maximum Gasteiger partial charge on any atom is 0.344 e. The van der Waals surface area contributed by atoms with Crippen LogP contribution in [0.2, 0.25) is 5.02 Å². The van der Waals surface area contributed by atoms with Gasteiger partial charge in [0.15, 0.2) is 6.61 Å². The highest BCUT2D eigenvalue weighted by Gasteiger charge is 2.13. The third kappa shape index (κ3) is 4.46. The number of carbonyl (C=O) groups excluding carboxylic acids is 2. The van der Waals surface area contributed by atoms with Crippen LogP contribution in [0.1, 0.15) is 15.9 Å². The van der Waals surface area contributed by atoms with Gasteiger partial charge in [0.1, 0.15) is 5.56 Å². The number of nitrogens with one attached hydrogen (secondary N) is 2. The lowest BCUT2D eigenvalue weighted by Crippen LogP contribution is -2.29. The van der Waals surface area contributed by atoms with Gasteiger partial charge in [-0.3, -0.25) is 9.59 Å². The van der Waals surface area contributed by atoms with E-state index in [1.165, 1.54) is 18.3 Å². The van der Waals surface area contributed by atoms with E-state index in [2.05, 4.69) is 10.3 Å². The van der Waals surface area contributed by atoms with E-state index in [9.17, 15) is 14.4 Å². The molecular weight excluding hydrogens is 308 g/mol. The molecule has 0 saturated heterocycles. The molecule has 0 spiro atoms. The number of H-pyrrole nitrogens is 1. The van der Waals surface area contributed by atoms with Crippen LogP contribution in [0.4, 0.5) is 0 Å². The van der Waals surface area contributed by atoms with Gasteiger partial charge in [0.25, 0.3) is 11.5 Å². The molecule has 0 aliphatic carbocycles. The Hall–Kier alpha value is -2.60. The quantitative estimate of drug-likeness (QED) is 0.817. The lowest BCUT2D eigenvalue weighted by molar-refractivity contribution is -0.124. The Morgan fingerprint density at radius 2 is 1.91 bits per heavy atom. The number of esters is 1. The predicted molar refractivity (Wildman–Crippen MR) is 80.6 cm³/mol. The molecule has 22 heavy (non-hydrogen) atoms. The summed E-state index contributed by atoms with van der Waals surface area (Å²) in [5.41, 5.74) is 0.158. The molecule has 1 heterocycles. The van der Waals surface area contributed by atoms with Crippen molar-refractivity contribution in [3.8, 4) is 0 Å². The minimum absolute atomic E-state index is 0.145. The first-order chi connectivity index (χ1) is 10.6. The van der Waals surface area contributed by atoms with Crippen molar-refractivity contribution >= 4 is 23.5 Å². The second-order valence-corrected chi connectivity index (χ2v) is 4.83. The number of aromatic nitrogens is 1. The van der Waals surface area contributed by atoms with Crippen LogP contribution in [-0.2, 0) is 16.1 Å². The van der Waals surface area contributed by atoms with Crippen LogP contribution in [0.15, 0.2) is 47.4 Å². The van der Waals surface area contributed by atoms with E-state index in [1.54, 1.807) is 24.3 Å². The summed E-state index contributed by atoms with van der Waals surface area (Å²) in [6.07, 6.45) is 1.40. The normalized spacial score (nSPS) is 10.0. The standard InChI is InChI=1S/C15H13ClN2O4/c16-11-5-3-10(4-6-11)8-18-13(19)9-22-15(21)12-2-1-7-17-14(12)20/h1-7H,8-9H2,(H,17,20)(H,18,19). The first-order valence-corrected chi connectivity index (χ1v) is 6.80. The highest BCUT2D eigenvalue weighted by molar-refractivity contribution is 6.30. The average molecular weight is 321 g/mol. The number of amides is 1. The highest BCUT2D eigenvalue weighted by Crippen LogP contribution is 2.09. The second-order valence-electron chi connectivity index (χ2n) is 4.39. The lowest BCUT2D eigenvalue weighted by Gasteiger charge is -2.06. The van der Waals surface area contributed by atoms with Gasteiger partial charge in [-0.25, -0.2) is 4.79 Å². The van der Waals surface area contributed by atoms with Crippen LogP contribution >= 0.6 is 11.6 Å². The van der Waals surface area contributed by atoms with Gasteiger partial charge in [-0.2, -0.15) is 0 Å². The van der Waals surface area contributed by atoms with E-state index in [0.717, 1.165) is 5.56 Å². The summed E-state index contributed by atoms with van der Waals surface area (Å²) in [5, 5.41) is 3.20. The number of carbonyl (C=O) groups is 2. The van der Waals surface area contributed by atoms with Gasteiger partial charge in [-0.15, -0.1) is 0 Å². The lowest BCUT2D eigenvalue weighted by atomic mass is 10.2. The number of rotatable bonds is 5. The molecule has 0 radical (unpaired) electrons. The van der Waals surface area contributed by atoms with Gasteiger partial charge in [-0.05, 0) is 29.8 Å². The summed E-state index contributed by atoms with van der Waals surface area (Å²) < 4.78 is 4.79. The third-order valence-electron chi connectivity index (χ3n) is 2.78. The maximum atomic E-state index is 11.6. The molecule has 2 N–H and O–H groups in total. The highest BCUT2D eigenvalue weighted by atomic mass is 35.5. The van der Waals surface area contributed by atoms with E-state index >= 15 is 0 Å². The van der Waals surface area contributed by atoms with Gasteiger partial charge in [0.2, 0.25) is 0 Å². The molecule has 6 nitrogen and oxygen atoms in total. The van der Waals surface area contributed by atoms with Crippen LogP contribution < -0.4 is 10.9 Å². The number of halogens is 1. The molecule has 2 rings (SSSR count). The summed E-state index contributed by atoms with van der Waals surface area (Å²) in [6.45, 7) is -0.166. The van der Waals surface area contributed by atoms with Crippen LogP contribution in [-0.4, -0.2) is 23.5 Å². The van der Waals surface area contributed by atoms with Gasteiger partial charge < -0.3 is 15.0 Å². The summed E-state index contributed by atoms with van der Waals surface area (Å²) in [5.74, 6) is -1.31. The van der Waals surface area contributed by atoms with E-state index in [0.29, 0.717) is 11.6 Å². The number of pyridine rings is 1. The summed E-state index contributed by atoms with van der Waals surface area (Å²) in [7, 11) is 0. The molecule has 0 fully saturated rings.